The monoisotopic (exact) mass is 250 g/mol. The molecule has 0 aromatic rings. The maximum absolute atomic E-state index is 3.17. The Hall–Kier alpha value is -0.680. The first-order valence-corrected chi connectivity index (χ1v) is 7.96. The minimum Gasteiger partial charge on any atom is -0.281 e. The Morgan fingerprint density at radius 2 is 1.06 bits per heavy atom. The third-order valence-electron chi connectivity index (χ3n) is 3.59. The van der Waals surface area contributed by atoms with E-state index in [1.54, 1.807) is 0 Å². The first kappa shape index (κ1) is 15.4. The number of rotatable bonds is 0. The molecule has 2 N–H and O–H groups in total. The summed E-state index contributed by atoms with van der Waals surface area (Å²) in [6.07, 6.45) is 17.7. The van der Waals surface area contributed by atoms with Crippen LogP contribution in [0, 0.1) is 12.0 Å². The van der Waals surface area contributed by atoms with Gasteiger partial charge in [-0.25, -0.2) is 5.43 Å². The van der Waals surface area contributed by atoms with Gasteiger partial charge in [-0.15, -0.1) is 0 Å². The molecule has 1 rings (SSSR count). The van der Waals surface area contributed by atoms with Crippen molar-refractivity contribution >= 4 is 0 Å². The van der Waals surface area contributed by atoms with E-state index < -0.39 is 0 Å². The first-order chi connectivity index (χ1) is 9.00. The Bertz CT molecular complexity index is 205. The minimum absolute atomic E-state index is 1.04. The van der Waals surface area contributed by atoms with Crippen LogP contribution < -0.4 is 10.9 Å². The molecule has 0 fully saturated rings. The van der Waals surface area contributed by atoms with Gasteiger partial charge in [0.1, 0.15) is 0 Å². The van der Waals surface area contributed by atoms with E-state index in [0.717, 1.165) is 13.0 Å². The normalized spacial score (nSPS) is 21.8. The van der Waals surface area contributed by atoms with Crippen molar-refractivity contribution in [1.29, 1.82) is 0 Å². The summed E-state index contributed by atoms with van der Waals surface area (Å²) in [6.45, 7) is 1.04. The minimum atomic E-state index is 1.04. The fourth-order valence-electron chi connectivity index (χ4n) is 2.41. The highest BCUT2D eigenvalue weighted by molar-refractivity contribution is 4.95. The van der Waals surface area contributed by atoms with Crippen LogP contribution in [0.15, 0.2) is 0 Å². The third-order valence-corrected chi connectivity index (χ3v) is 3.59. The van der Waals surface area contributed by atoms with Crippen molar-refractivity contribution in [1.82, 2.24) is 10.9 Å². The summed E-state index contributed by atoms with van der Waals surface area (Å²) in [4.78, 5) is 0. The topological polar surface area (TPSA) is 24.1 Å². The molecule has 2 heteroatoms. The summed E-state index contributed by atoms with van der Waals surface area (Å²) in [6, 6.07) is 2.98. The van der Waals surface area contributed by atoms with E-state index in [-0.39, 0.29) is 0 Å². The smallest absolute Gasteiger partial charge is 0.0201 e. The van der Waals surface area contributed by atoms with Gasteiger partial charge in [-0.3, -0.25) is 5.43 Å². The molecule has 0 atom stereocenters. The average molecular weight is 250 g/mol. The Balaban J connectivity index is 2.09. The second-order valence-corrected chi connectivity index (χ2v) is 5.35. The van der Waals surface area contributed by atoms with Gasteiger partial charge >= 0.3 is 0 Å². The molecular weight excluding hydrogens is 220 g/mol. The summed E-state index contributed by atoms with van der Waals surface area (Å²) in [5.41, 5.74) is 6.14. The summed E-state index contributed by atoms with van der Waals surface area (Å²) >= 11 is 0. The molecule has 0 bridgehead atoms. The van der Waals surface area contributed by atoms with E-state index in [1.807, 2.05) is 0 Å². The van der Waals surface area contributed by atoms with Crippen molar-refractivity contribution in [2.45, 2.75) is 83.5 Å². The predicted octanol–water partition coefficient (Wildman–Crippen LogP) is 4.13. The summed E-state index contributed by atoms with van der Waals surface area (Å²) in [7, 11) is 0. The fraction of sp³-hybridized carbons (Fsp3) is 0.875. The van der Waals surface area contributed by atoms with E-state index in [1.165, 1.54) is 77.0 Å². The van der Waals surface area contributed by atoms with Crippen LogP contribution in [0.1, 0.15) is 83.5 Å². The molecular formula is C16H30N2. The van der Waals surface area contributed by atoms with Gasteiger partial charge in [0.25, 0.3) is 0 Å². The number of hydrogen-bond donors (Lipinski definition) is 2. The lowest BCUT2D eigenvalue weighted by molar-refractivity contribution is 0.527. The molecule has 0 amide bonds. The summed E-state index contributed by atoms with van der Waals surface area (Å²) in [5, 5.41) is 0. The highest BCUT2D eigenvalue weighted by Crippen LogP contribution is 2.12. The summed E-state index contributed by atoms with van der Waals surface area (Å²) in [5.74, 6) is 3.17. The number of hydrogen-bond acceptors (Lipinski definition) is 2. The molecule has 2 nitrogen and oxygen atoms in total. The van der Waals surface area contributed by atoms with Crippen LogP contribution >= 0.6 is 0 Å². The van der Waals surface area contributed by atoms with Crippen molar-refractivity contribution in [2.75, 3.05) is 6.54 Å². The van der Waals surface area contributed by atoms with E-state index in [0.29, 0.717) is 0 Å². The van der Waals surface area contributed by atoms with Gasteiger partial charge in [0.15, 0.2) is 0 Å². The number of hydrazine groups is 1. The van der Waals surface area contributed by atoms with Crippen LogP contribution in [0.4, 0.5) is 0 Å². The van der Waals surface area contributed by atoms with Gasteiger partial charge in [0.2, 0.25) is 0 Å². The predicted molar refractivity (Wildman–Crippen MR) is 78.9 cm³/mol. The average Bonchev–Trinajstić information content (AvgIpc) is 2.39. The first-order valence-electron chi connectivity index (χ1n) is 7.96. The van der Waals surface area contributed by atoms with Gasteiger partial charge in [-0.05, 0) is 12.8 Å². The quantitative estimate of drug-likeness (QED) is 0.632. The van der Waals surface area contributed by atoms with Crippen LogP contribution in [0.25, 0.3) is 0 Å². The van der Waals surface area contributed by atoms with E-state index in [4.69, 9.17) is 0 Å². The van der Waals surface area contributed by atoms with Crippen LogP contribution in [0.5, 0.6) is 0 Å². The van der Waals surface area contributed by atoms with Crippen LogP contribution in [0.3, 0.4) is 0 Å². The lowest BCUT2D eigenvalue weighted by atomic mass is 10.0. The molecule has 0 saturated carbocycles. The molecule has 1 heterocycles. The second kappa shape index (κ2) is 12.8. The van der Waals surface area contributed by atoms with Gasteiger partial charge in [0, 0.05) is 19.0 Å². The van der Waals surface area contributed by atoms with Gasteiger partial charge < -0.3 is 0 Å². The lowest BCUT2D eigenvalue weighted by Crippen LogP contribution is -2.28. The maximum atomic E-state index is 3.17. The molecule has 1 aliphatic heterocycles. The van der Waals surface area contributed by atoms with Gasteiger partial charge in [-0.1, -0.05) is 70.1 Å². The lowest BCUT2D eigenvalue weighted by Gasteiger charge is -2.04. The zero-order chi connectivity index (χ0) is 12.7. The maximum Gasteiger partial charge on any atom is 0.0201 e. The molecule has 0 spiro atoms. The Morgan fingerprint density at radius 1 is 0.556 bits per heavy atom. The molecule has 0 unspecified atom stereocenters. The fourth-order valence-corrected chi connectivity index (χ4v) is 2.41. The molecule has 0 aromatic carbocycles. The van der Waals surface area contributed by atoms with Crippen molar-refractivity contribution < 1.29 is 0 Å². The standard InChI is InChI=1S/C16H30N2/c1-2-4-6-8-10-12-14-16-18-17-15-13-11-9-7-5-3-1/h17-18H,1-13,15H2. The van der Waals surface area contributed by atoms with Crippen molar-refractivity contribution in [3.63, 3.8) is 0 Å². The van der Waals surface area contributed by atoms with E-state index in [2.05, 4.69) is 22.8 Å². The van der Waals surface area contributed by atoms with Gasteiger partial charge in [0.05, 0.1) is 0 Å². The van der Waals surface area contributed by atoms with Crippen LogP contribution in [-0.2, 0) is 0 Å². The van der Waals surface area contributed by atoms with Crippen molar-refractivity contribution in [3.8, 4) is 12.0 Å². The largest absolute Gasteiger partial charge is 0.281 e. The highest BCUT2D eigenvalue weighted by Gasteiger charge is 1.94. The zero-order valence-electron chi connectivity index (χ0n) is 11.9. The van der Waals surface area contributed by atoms with E-state index >= 15 is 0 Å². The molecule has 0 radical (unpaired) electrons. The Morgan fingerprint density at radius 3 is 1.67 bits per heavy atom. The highest BCUT2D eigenvalue weighted by atomic mass is 15.3. The Kier molecular flexibility index (Phi) is 10.9. The Labute approximate surface area is 113 Å². The number of nitrogens with one attached hydrogen (secondary N) is 2. The molecule has 18 heavy (non-hydrogen) atoms. The summed E-state index contributed by atoms with van der Waals surface area (Å²) < 4.78 is 0. The van der Waals surface area contributed by atoms with Crippen LogP contribution in [0.2, 0.25) is 0 Å². The molecule has 0 aliphatic carbocycles. The molecule has 0 aromatic heterocycles. The SMILES string of the molecule is C1#CNNCCCCCCCCCCCCCC1. The van der Waals surface area contributed by atoms with Crippen molar-refractivity contribution in [2.24, 2.45) is 0 Å². The zero-order valence-corrected chi connectivity index (χ0v) is 11.9. The van der Waals surface area contributed by atoms with Crippen molar-refractivity contribution in [3.05, 3.63) is 0 Å². The van der Waals surface area contributed by atoms with Crippen LogP contribution in [-0.4, -0.2) is 6.54 Å². The third kappa shape index (κ3) is 10.5. The molecule has 0 saturated heterocycles. The van der Waals surface area contributed by atoms with Gasteiger partial charge in [-0.2, -0.15) is 0 Å². The molecule has 1 aliphatic rings. The molecule has 104 valence electrons. The van der Waals surface area contributed by atoms with E-state index in [9.17, 15) is 0 Å². The second-order valence-electron chi connectivity index (χ2n) is 5.35.